The Balaban J connectivity index is 2.84. The first-order valence-corrected chi connectivity index (χ1v) is 9.12. The van der Waals surface area contributed by atoms with Crippen LogP contribution in [0.5, 0.6) is 0 Å². The normalized spacial score (nSPS) is 11.4. The molecule has 0 bridgehead atoms. The van der Waals surface area contributed by atoms with Crippen molar-refractivity contribution >= 4 is 33.3 Å². The van der Waals surface area contributed by atoms with Crippen molar-refractivity contribution in [3.8, 4) is 0 Å². The van der Waals surface area contributed by atoms with Gasteiger partial charge in [0.2, 0.25) is 10.0 Å². The molecule has 1 aromatic rings. The molecule has 0 heterocycles. The van der Waals surface area contributed by atoms with Crippen molar-refractivity contribution in [1.29, 1.82) is 0 Å². The Morgan fingerprint density at radius 2 is 2.00 bits per heavy atom. The van der Waals surface area contributed by atoms with Gasteiger partial charge in [0.15, 0.2) is 0 Å². The van der Waals surface area contributed by atoms with Crippen molar-refractivity contribution in [1.82, 2.24) is 10.6 Å². The zero-order valence-corrected chi connectivity index (χ0v) is 14.8. The van der Waals surface area contributed by atoms with Crippen LogP contribution in [0.1, 0.15) is 19.4 Å². The Morgan fingerprint density at radius 1 is 1.36 bits per heavy atom. The van der Waals surface area contributed by atoms with Gasteiger partial charge in [-0.3, -0.25) is 4.31 Å². The average molecular weight is 348 g/mol. The fraction of sp³-hybridized carbons (Fsp3) is 0.500. The molecule has 0 atom stereocenters. The molecule has 0 radical (unpaired) electrons. The molecule has 0 aliphatic rings. The van der Waals surface area contributed by atoms with Gasteiger partial charge in [-0.15, -0.1) is 0 Å². The lowest BCUT2D eigenvalue weighted by atomic mass is 10.2. The van der Waals surface area contributed by atoms with Crippen molar-refractivity contribution in [3.63, 3.8) is 0 Å². The van der Waals surface area contributed by atoms with Gasteiger partial charge >= 0.3 is 6.03 Å². The third-order valence-corrected chi connectivity index (χ3v) is 4.28. The number of anilines is 1. The number of hydrogen-bond donors (Lipinski definition) is 2. The number of nitrogens with one attached hydrogen (secondary N) is 2. The lowest BCUT2D eigenvalue weighted by Crippen LogP contribution is -2.44. The Labute approximate surface area is 136 Å². The largest absolute Gasteiger partial charge is 0.336 e. The molecule has 1 aromatic carbocycles. The molecule has 0 spiro atoms. The van der Waals surface area contributed by atoms with Crippen LogP contribution in [0, 0.1) is 6.92 Å². The van der Waals surface area contributed by atoms with E-state index in [-0.39, 0.29) is 25.2 Å². The number of sulfonamides is 1. The van der Waals surface area contributed by atoms with Gasteiger partial charge in [-0.05, 0) is 38.5 Å². The molecule has 0 aliphatic heterocycles. The zero-order chi connectivity index (χ0) is 16.9. The van der Waals surface area contributed by atoms with E-state index in [1.807, 2.05) is 20.8 Å². The maximum Gasteiger partial charge on any atom is 0.315 e. The highest BCUT2D eigenvalue weighted by Crippen LogP contribution is 2.25. The molecule has 2 amide bonds. The minimum Gasteiger partial charge on any atom is -0.336 e. The van der Waals surface area contributed by atoms with E-state index in [1.54, 1.807) is 18.2 Å². The smallest absolute Gasteiger partial charge is 0.315 e. The van der Waals surface area contributed by atoms with Crippen LogP contribution in [0.2, 0.25) is 5.02 Å². The summed E-state index contributed by atoms with van der Waals surface area (Å²) < 4.78 is 25.2. The number of urea groups is 1. The first-order valence-electron chi connectivity index (χ1n) is 6.89. The molecular formula is C14H22ClN3O3S. The highest BCUT2D eigenvalue weighted by molar-refractivity contribution is 7.92. The molecule has 1 rings (SSSR count). The second-order valence-corrected chi connectivity index (χ2v) is 7.66. The average Bonchev–Trinajstić information content (AvgIpc) is 2.35. The van der Waals surface area contributed by atoms with Gasteiger partial charge in [0.05, 0.1) is 18.5 Å². The van der Waals surface area contributed by atoms with Gasteiger partial charge < -0.3 is 10.6 Å². The van der Waals surface area contributed by atoms with E-state index in [0.717, 1.165) is 11.8 Å². The van der Waals surface area contributed by atoms with E-state index in [4.69, 9.17) is 11.6 Å². The maximum absolute atomic E-state index is 12.0. The number of rotatable bonds is 6. The summed E-state index contributed by atoms with van der Waals surface area (Å²) in [5, 5.41) is 5.77. The van der Waals surface area contributed by atoms with Crippen LogP contribution in [0.4, 0.5) is 10.5 Å². The van der Waals surface area contributed by atoms with E-state index in [0.29, 0.717) is 10.7 Å². The van der Waals surface area contributed by atoms with Gasteiger partial charge in [0.25, 0.3) is 0 Å². The second-order valence-electron chi connectivity index (χ2n) is 5.32. The monoisotopic (exact) mass is 347 g/mol. The fourth-order valence-electron chi connectivity index (χ4n) is 1.90. The number of halogens is 1. The van der Waals surface area contributed by atoms with E-state index in [9.17, 15) is 13.2 Å². The SMILES string of the molecule is Cc1ccc(Cl)cc1N(CCNC(=O)NC(C)C)S(C)(=O)=O. The van der Waals surface area contributed by atoms with Crippen LogP contribution in [-0.4, -0.2) is 39.8 Å². The molecule has 124 valence electrons. The molecule has 0 saturated heterocycles. The van der Waals surface area contributed by atoms with Crippen molar-refractivity contribution in [2.75, 3.05) is 23.7 Å². The van der Waals surface area contributed by atoms with Crippen LogP contribution in [0.25, 0.3) is 0 Å². The number of aryl methyl sites for hydroxylation is 1. The van der Waals surface area contributed by atoms with Crippen molar-refractivity contribution < 1.29 is 13.2 Å². The third kappa shape index (κ3) is 5.73. The van der Waals surface area contributed by atoms with E-state index < -0.39 is 10.0 Å². The summed E-state index contributed by atoms with van der Waals surface area (Å²) in [6.07, 6.45) is 1.13. The molecule has 0 fully saturated rings. The fourth-order valence-corrected chi connectivity index (χ4v) is 3.04. The number of hydrogen-bond acceptors (Lipinski definition) is 3. The van der Waals surface area contributed by atoms with E-state index in [2.05, 4.69) is 10.6 Å². The van der Waals surface area contributed by atoms with Crippen LogP contribution in [0.15, 0.2) is 18.2 Å². The highest BCUT2D eigenvalue weighted by Gasteiger charge is 2.19. The van der Waals surface area contributed by atoms with Gasteiger partial charge in [-0.25, -0.2) is 13.2 Å². The Morgan fingerprint density at radius 3 is 2.55 bits per heavy atom. The Kier molecular flexibility index (Phi) is 6.49. The molecule has 8 heteroatoms. The van der Waals surface area contributed by atoms with Crippen molar-refractivity contribution in [2.24, 2.45) is 0 Å². The van der Waals surface area contributed by atoms with E-state index >= 15 is 0 Å². The first-order chi connectivity index (χ1) is 10.1. The lowest BCUT2D eigenvalue weighted by Gasteiger charge is -2.24. The molecule has 22 heavy (non-hydrogen) atoms. The Bertz CT molecular complexity index is 632. The molecule has 0 aromatic heterocycles. The number of carbonyl (C=O) groups is 1. The molecule has 0 saturated carbocycles. The summed E-state index contributed by atoms with van der Waals surface area (Å²) in [6.45, 7) is 5.82. The lowest BCUT2D eigenvalue weighted by molar-refractivity contribution is 0.239. The number of amides is 2. The van der Waals surface area contributed by atoms with Gasteiger partial charge in [-0.2, -0.15) is 0 Å². The van der Waals surface area contributed by atoms with Crippen molar-refractivity contribution in [2.45, 2.75) is 26.8 Å². The summed E-state index contributed by atoms with van der Waals surface area (Å²) in [4.78, 5) is 11.5. The van der Waals surface area contributed by atoms with Crippen LogP contribution in [0.3, 0.4) is 0 Å². The maximum atomic E-state index is 12.0. The summed E-state index contributed by atoms with van der Waals surface area (Å²) in [5.74, 6) is 0. The molecule has 0 aliphatic carbocycles. The number of carbonyl (C=O) groups excluding carboxylic acids is 1. The van der Waals surface area contributed by atoms with Crippen LogP contribution < -0.4 is 14.9 Å². The predicted molar refractivity (Wildman–Crippen MR) is 90.0 cm³/mol. The highest BCUT2D eigenvalue weighted by atomic mass is 35.5. The molecule has 2 N–H and O–H groups in total. The summed E-state index contributed by atoms with van der Waals surface area (Å²) in [6, 6.07) is 4.75. The number of benzene rings is 1. The van der Waals surface area contributed by atoms with Gasteiger partial charge in [-0.1, -0.05) is 17.7 Å². The van der Waals surface area contributed by atoms with Gasteiger partial charge in [0, 0.05) is 17.6 Å². The number of nitrogens with zero attached hydrogens (tertiary/aromatic N) is 1. The second kappa shape index (κ2) is 7.69. The predicted octanol–water partition coefficient (Wildman–Crippen LogP) is 2.12. The first kappa shape index (κ1) is 18.6. The van der Waals surface area contributed by atoms with Crippen LogP contribution in [-0.2, 0) is 10.0 Å². The van der Waals surface area contributed by atoms with Crippen molar-refractivity contribution in [3.05, 3.63) is 28.8 Å². The molecular weight excluding hydrogens is 326 g/mol. The molecule has 0 unspecified atom stereocenters. The minimum absolute atomic E-state index is 0.0150. The van der Waals surface area contributed by atoms with Crippen LogP contribution >= 0.6 is 11.6 Å². The zero-order valence-electron chi connectivity index (χ0n) is 13.2. The van der Waals surface area contributed by atoms with Gasteiger partial charge in [0.1, 0.15) is 0 Å². The summed E-state index contributed by atoms with van der Waals surface area (Å²) in [5.41, 5.74) is 1.31. The quantitative estimate of drug-likeness (QED) is 0.827. The summed E-state index contributed by atoms with van der Waals surface area (Å²) >= 11 is 5.95. The topological polar surface area (TPSA) is 78.5 Å². The minimum atomic E-state index is -3.48. The standard InChI is InChI=1S/C14H22ClN3O3S/c1-10(2)17-14(19)16-7-8-18(22(4,20)21)13-9-12(15)6-5-11(13)3/h5-6,9-10H,7-8H2,1-4H3,(H2,16,17,19). The van der Waals surface area contributed by atoms with E-state index in [1.165, 1.54) is 4.31 Å². The summed E-state index contributed by atoms with van der Waals surface area (Å²) in [7, 11) is -3.48. The molecule has 6 nitrogen and oxygen atoms in total. The Hall–Kier alpha value is -1.47. The third-order valence-electron chi connectivity index (χ3n) is 2.86.